The molecule has 0 bridgehead atoms. The molecule has 2 N–H and O–H groups in total. The summed E-state index contributed by atoms with van der Waals surface area (Å²) >= 11 is 0. The predicted molar refractivity (Wildman–Crippen MR) is 102 cm³/mol. The Kier molecular flexibility index (Phi) is 4.57. The van der Waals surface area contributed by atoms with Crippen molar-refractivity contribution in [3.8, 4) is 0 Å². The standard InChI is InChI=1S/C18H20N6O2/c1-19-18-20-15(14-9-10-16(25)23(4)17(14)21-18)11-24(26)13-7-5-12(6-8-13)22(2)3/h5-11H,1-4H3,(H-,19,20,21,25,26)/p+1. The molecule has 134 valence electrons. The van der Waals surface area contributed by atoms with Crippen LogP contribution in [0.3, 0.4) is 0 Å². The van der Waals surface area contributed by atoms with Crippen LogP contribution in [0.15, 0.2) is 41.2 Å². The van der Waals surface area contributed by atoms with Crippen molar-refractivity contribution in [3.63, 3.8) is 0 Å². The smallest absolute Gasteiger partial charge is 0.257 e. The van der Waals surface area contributed by atoms with Gasteiger partial charge >= 0.3 is 0 Å². The number of nitrogens with one attached hydrogen (secondary N) is 1. The Hall–Kier alpha value is -3.42. The number of nitrogens with zero attached hydrogens (tertiary/aromatic N) is 5. The summed E-state index contributed by atoms with van der Waals surface area (Å²) in [6.07, 6.45) is 1.50. The molecule has 0 aliphatic rings. The van der Waals surface area contributed by atoms with Gasteiger partial charge in [-0.3, -0.25) is 14.6 Å². The van der Waals surface area contributed by atoms with Gasteiger partial charge in [-0.05, 0) is 18.2 Å². The average Bonchev–Trinajstić information content (AvgIpc) is 2.64. The van der Waals surface area contributed by atoms with Gasteiger partial charge in [0.05, 0.1) is 5.39 Å². The van der Waals surface area contributed by atoms with Gasteiger partial charge in [-0.15, -0.1) is 0 Å². The molecule has 26 heavy (non-hydrogen) atoms. The highest BCUT2D eigenvalue weighted by Gasteiger charge is 2.15. The summed E-state index contributed by atoms with van der Waals surface area (Å²) in [5, 5.41) is 14.0. The van der Waals surface area contributed by atoms with Gasteiger partial charge in [0, 0.05) is 56.8 Å². The molecule has 0 saturated heterocycles. The summed E-state index contributed by atoms with van der Waals surface area (Å²) in [5.74, 6) is 0.362. The third-order valence-electron chi connectivity index (χ3n) is 4.09. The molecule has 0 atom stereocenters. The van der Waals surface area contributed by atoms with E-state index in [1.54, 1.807) is 20.2 Å². The number of aryl methyl sites for hydroxylation is 1. The molecular formula is C18H21N6O2+. The predicted octanol–water partition coefficient (Wildman–Crippen LogP) is 1.59. The van der Waals surface area contributed by atoms with E-state index in [0.717, 1.165) is 10.4 Å². The molecule has 0 fully saturated rings. The molecular weight excluding hydrogens is 332 g/mol. The average molecular weight is 353 g/mol. The van der Waals surface area contributed by atoms with Crippen molar-refractivity contribution in [1.29, 1.82) is 0 Å². The number of pyridine rings is 1. The molecule has 0 spiro atoms. The van der Waals surface area contributed by atoms with Crippen LogP contribution in [0.4, 0.5) is 17.3 Å². The van der Waals surface area contributed by atoms with Crippen LogP contribution in [0, 0.1) is 0 Å². The van der Waals surface area contributed by atoms with Crippen LogP contribution < -0.4 is 15.8 Å². The molecule has 2 heterocycles. The second-order valence-electron chi connectivity index (χ2n) is 6.03. The van der Waals surface area contributed by atoms with Gasteiger partial charge in [-0.1, -0.05) is 0 Å². The number of hydrogen-bond donors (Lipinski definition) is 2. The second kappa shape index (κ2) is 6.83. The van der Waals surface area contributed by atoms with E-state index < -0.39 is 0 Å². The molecule has 3 aromatic rings. The normalized spacial score (nSPS) is 11.6. The zero-order valence-corrected chi connectivity index (χ0v) is 15.1. The van der Waals surface area contributed by atoms with E-state index >= 15 is 0 Å². The number of hydrogen-bond acceptors (Lipinski definition) is 6. The largest absolute Gasteiger partial charge is 0.378 e. The maximum absolute atomic E-state index is 11.9. The molecule has 0 aliphatic carbocycles. The van der Waals surface area contributed by atoms with E-state index in [4.69, 9.17) is 0 Å². The fraction of sp³-hybridized carbons (Fsp3) is 0.222. The first-order valence-corrected chi connectivity index (χ1v) is 8.06. The molecule has 0 aliphatic heterocycles. The highest BCUT2D eigenvalue weighted by atomic mass is 16.5. The van der Waals surface area contributed by atoms with Crippen LogP contribution in [0.5, 0.6) is 0 Å². The van der Waals surface area contributed by atoms with Crippen LogP contribution in [-0.2, 0) is 7.05 Å². The van der Waals surface area contributed by atoms with E-state index in [9.17, 15) is 10.0 Å². The third-order valence-corrected chi connectivity index (χ3v) is 4.09. The zero-order chi connectivity index (χ0) is 18.8. The van der Waals surface area contributed by atoms with Crippen LogP contribution >= 0.6 is 0 Å². The highest BCUT2D eigenvalue weighted by molar-refractivity contribution is 5.94. The first-order valence-electron chi connectivity index (χ1n) is 8.06. The van der Waals surface area contributed by atoms with Crippen molar-refractivity contribution in [3.05, 3.63) is 52.4 Å². The lowest BCUT2D eigenvalue weighted by atomic mass is 10.2. The number of aromatic nitrogens is 3. The van der Waals surface area contributed by atoms with Gasteiger partial charge < -0.3 is 10.2 Å². The molecule has 0 unspecified atom stereocenters. The van der Waals surface area contributed by atoms with Crippen LogP contribution in [0.25, 0.3) is 11.0 Å². The lowest BCUT2D eigenvalue weighted by molar-refractivity contribution is -0.709. The monoisotopic (exact) mass is 353 g/mol. The number of anilines is 2. The van der Waals surface area contributed by atoms with Gasteiger partial charge in [-0.2, -0.15) is 4.98 Å². The van der Waals surface area contributed by atoms with E-state index in [-0.39, 0.29) is 5.56 Å². The molecule has 1 aromatic carbocycles. The summed E-state index contributed by atoms with van der Waals surface area (Å²) < 4.78 is 2.45. The minimum atomic E-state index is -0.163. The van der Waals surface area contributed by atoms with Crippen LogP contribution in [0.2, 0.25) is 0 Å². The van der Waals surface area contributed by atoms with Crippen LogP contribution in [-0.4, -0.2) is 51.8 Å². The molecule has 0 amide bonds. The lowest BCUT2D eigenvalue weighted by Crippen LogP contribution is -2.18. The number of benzene rings is 1. The van der Waals surface area contributed by atoms with E-state index in [1.165, 1.54) is 16.8 Å². The minimum absolute atomic E-state index is 0.163. The van der Waals surface area contributed by atoms with Crippen molar-refractivity contribution in [2.75, 3.05) is 31.4 Å². The minimum Gasteiger partial charge on any atom is -0.378 e. The Balaban J connectivity index is 2.13. The Morgan fingerprint density at radius 1 is 1.15 bits per heavy atom. The van der Waals surface area contributed by atoms with Gasteiger partial charge in [0.2, 0.25) is 12.2 Å². The summed E-state index contributed by atoms with van der Waals surface area (Å²) in [6, 6.07) is 10.6. The van der Waals surface area contributed by atoms with Gasteiger partial charge in [0.15, 0.2) is 0 Å². The molecule has 2 aromatic heterocycles. The van der Waals surface area contributed by atoms with E-state index in [0.29, 0.717) is 28.4 Å². The van der Waals surface area contributed by atoms with Crippen molar-refractivity contribution in [1.82, 2.24) is 14.5 Å². The molecule has 3 rings (SSSR count). The Morgan fingerprint density at radius 3 is 2.46 bits per heavy atom. The van der Waals surface area contributed by atoms with Crippen molar-refractivity contribution < 1.29 is 9.95 Å². The highest BCUT2D eigenvalue weighted by Crippen LogP contribution is 2.19. The molecule has 8 nitrogen and oxygen atoms in total. The molecule has 8 heteroatoms. The lowest BCUT2D eigenvalue weighted by Gasteiger charge is -2.11. The first kappa shape index (κ1) is 17.4. The van der Waals surface area contributed by atoms with E-state index in [1.807, 2.05) is 43.3 Å². The van der Waals surface area contributed by atoms with Gasteiger partial charge in [0.1, 0.15) is 11.3 Å². The van der Waals surface area contributed by atoms with E-state index in [2.05, 4.69) is 15.3 Å². The first-order chi connectivity index (χ1) is 12.4. The number of fused-ring (bicyclic) bond motifs is 1. The Bertz CT molecular complexity index is 1040. The fourth-order valence-corrected chi connectivity index (χ4v) is 2.56. The summed E-state index contributed by atoms with van der Waals surface area (Å²) in [4.78, 5) is 22.6. The topological polar surface area (TPSA) is 86.3 Å². The third kappa shape index (κ3) is 3.21. The fourth-order valence-electron chi connectivity index (χ4n) is 2.56. The van der Waals surface area contributed by atoms with Crippen molar-refractivity contribution >= 4 is 34.6 Å². The second-order valence-corrected chi connectivity index (χ2v) is 6.03. The zero-order valence-electron chi connectivity index (χ0n) is 15.1. The molecule has 0 radical (unpaired) electrons. The summed E-state index contributed by atoms with van der Waals surface area (Å²) in [7, 11) is 7.25. The quantitative estimate of drug-likeness (QED) is 0.321. The van der Waals surface area contributed by atoms with Crippen molar-refractivity contribution in [2.45, 2.75) is 0 Å². The maximum atomic E-state index is 11.9. The number of rotatable bonds is 4. The summed E-state index contributed by atoms with van der Waals surface area (Å²) in [5.41, 5.74) is 2.44. The molecule has 0 saturated carbocycles. The van der Waals surface area contributed by atoms with Gasteiger partial charge in [0.25, 0.3) is 11.2 Å². The SMILES string of the molecule is CNc1nc(/C=[N+](\O)c2ccc(N(C)C)cc2)c2ccc(=O)n(C)c2n1. The van der Waals surface area contributed by atoms with Crippen molar-refractivity contribution in [2.24, 2.45) is 7.05 Å². The maximum Gasteiger partial charge on any atom is 0.257 e. The summed E-state index contributed by atoms with van der Waals surface area (Å²) in [6.45, 7) is 0. The van der Waals surface area contributed by atoms with Crippen LogP contribution in [0.1, 0.15) is 5.69 Å². The Labute approximate surface area is 150 Å². The Morgan fingerprint density at radius 2 is 1.85 bits per heavy atom. The van der Waals surface area contributed by atoms with Gasteiger partial charge in [-0.25, -0.2) is 4.98 Å².